The summed E-state index contributed by atoms with van der Waals surface area (Å²) in [5.74, 6) is -1.31. The molecule has 2 aromatic carbocycles. The summed E-state index contributed by atoms with van der Waals surface area (Å²) >= 11 is 0.874. The Labute approximate surface area is 179 Å². The Morgan fingerprint density at radius 3 is 2.19 bits per heavy atom. The first-order valence-corrected chi connectivity index (χ1v) is 9.34. The van der Waals surface area contributed by atoms with Crippen LogP contribution in [0.3, 0.4) is 0 Å². The second-order valence-corrected chi connectivity index (χ2v) is 7.10. The number of carbonyl (C=O) groups is 1. The average molecular weight is 476 g/mol. The second kappa shape index (κ2) is 8.49. The molecule has 3 rings (SSSR count). The number of nitrogens with one attached hydrogen (secondary N) is 1. The van der Waals surface area contributed by atoms with E-state index in [9.17, 15) is 41.3 Å². The number of benzene rings is 2. The van der Waals surface area contributed by atoms with Gasteiger partial charge in [0.15, 0.2) is 5.75 Å². The number of halogens is 6. The standard InChI is InChI=1S/C19H10F6N2O4S/c20-18(21,22)10-1-3-11(4-2-10)26-17(28)16-15(7-8-32-16)31-12-5-6-14(27(29)30)13(9-12)19(23,24)25/h1-9H,(H,26,28). The molecule has 6 nitrogen and oxygen atoms in total. The molecular formula is C19H10F6N2O4S. The Morgan fingerprint density at radius 2 is 1.62 bits per heavy atom. The van der Waals surface area contributed by atoms with Gasteiger partial charge in [0.2, 0.25) is 0 Å². The summed E-state index contributed by atoms with van der Waals surface area (Å²) in [5, 5.41) is 14.6. The van der Waals surface area contributed by atoms with E-state index in [1.807, 2.05) is 0 Å². The van der Waals surface area contributed by atoms with E-state index in [1.165, 1.54) is 11.4 Å². The first-order chi connectivity index (χ1) is 14.9. The highest BCUT2D eigenvalue weighted by atomic mass is 32.1. The minimum atomic E-state index is -5.01. The van der Waals surface area contributed by atoms with Crippen LogP contribution >= 0.6 is 11.3 Å². The number of anilines is 1. The highest BCUT2D eigenvalue weighted by molar-refractivity contribution is 7.12. The van der Waals surface area contributed by atoms with E-state index in [2.05, 4.69) is 5.32 Å². The van der Waals surface area contributed by atoms with Crippen molar-refractivity contribution in [2.75, 3.05) is 5.32 Å². The van der Waals surface area contributed by atoms with Crippen LogP contribution in [0.1, 0.15) is 20.8 Å². The number of carbonyl (C=O) groups excluding carboxylic acids is 1. The van der Waals surface area contributed by atoms with E-state index in [4.69, 9.17) is 4.74 Å². The van der Waals surface area contributed by atoms with Crippen molar-refractivity contribution in [3.05, 3.63) is 80.0 Å². The molecule has 13 heteroatoms. The zero-order valence-electron chi connectivity index (χ0n) is 15.5. The topological polar surface area (TPSA) is 81.5 Å². The van der Waals surface area contributed by atoms with Gasteiger partial charge in [-0.15, -0.1) is 11.3 Å². The van der Waals surface area contributed by atoms with Crippen molar-refractivity contribution >= 4 is 28.6 Å². The molecular weight excluding hydrogens is 466 g/mol. The van der Waals surface area contributed by atoms with E-state index in [-0.39, 0.29) is 16.3 Å². The van der Waals surface area contributed by atoms with Crippen LogP contribution in [0, 0.1) is 10.1 Å². The molecule has 168 valence electrons. The van der Waals surface area contributed by atoms with Crippen LogP contribution in [0.5, 0.6) is 11.5 Å². The fourth-order valence-electron chi connectivity index (χ4n) is 2.57. The summed E-state index contributed by atoms with van der Waals surface area (Å²) in [6, 6.07) is 6.94. The van der Waals surface area contributed by atoms with Gasteiger partial charge in [-0.25, -0.2) is 0 Å². The number of amides is 1. The average Bonchev–Trinajstić information content (AvgIpc) is 3.15. The normalized spacial score (nSPS) is 11.8. The molecule has 0 aliphatic heterocycles. The lowest BCUT2D eigenvalue weighted by molar-refractivity contribution is -0.388. The molecule has 0 aliphatic rings. The molecule has 0 unspecified atom stereocenters. The smallest absolute Gasteiger partial charge is 0.423 e. The molecule has 0 radical (unpaired) electrons. The van der Waals surface area contributed by atoms with Crippen molar-refractivity contribution in [3.63, 3.8) is 0 Å². The summed E-state index contributed by atoms with van der Waals surface area (Å²) in [6.07, 6.45) is -9.56. The van der Waals surface area contributed by atoms with Crippen molar-refractivity contribution in [1.29, 1.82) is 0 Å². The van der Waals surface area contributed by atoms with Crippen molar-refractivity contribution in [2.45, 2.75) is 12.4 Å². The summed E-state index contributed by atoms with van der Waals surface area (Å²) in [4.78, 5) is 22.1. The minimum absolute atomic E-state index is 0.0528. The van der Waals surface area contributed by atoms with Gasteiger partial charge in [0.1, 0.15) is 16.2 Å². The summed E-state index contributed by atoms with van der Waals surface area (Å²) in [6.45, 7) is 0. The molecule has 1 amide bonds. The monoisotopic (exact) mass is 476 g/mol. The van der Waals surface area contributed by atoms with Crippen LogP contribution < -0.4 is 10.1 Å². The number of thiophene rings is 1. The van der Waals surface area contributed by atoms with Crippen LogP contribution in [0.15, 0.2) is 53.9 Å². The SMILES string of the molecule is O=C(Nc1ccc(C(F)(F)F)cc1)c1sccc1Oc1ccc([N+](=O)[O-])c(C(F)(F)F)c1. The number of ether oxygens (including phenoxy) is 1. The highest BCUT2D eigenvalue weighted by Crippen LogP contribution is 2.40. The molecule has 1 N–H and O–H groups in total. The Bertz CT molecular complexity index is 1160. The van der Waals surface area contributed by atoms with Gasteiger partial charge >= 0.3 is 12.4 Å². The molecule has 0 spiro atoms. The van der Waals surface area contributed by atoms with E-state index in [0.717, 1.165) is 41.7 Å². The summed E-state index contributed by atoms with van der Waals surface area (Å²) in [7, 11) is 0. The van der Waals surface area contributed by atoms with Crippen LogP contribution in [0.2, 0.25) is 0 Å². The second-order valence-electron chi connectivity index (χ2n) is 6.18. The van der Waals surface area contributed by atoms with Gasteiger partial charge in [-0.2, -0.15) is 26.3 Å². The summed E-state index contributed by atoms with van der Waals surface area (Å²) < 4.78 is 82.6. The van der Waals surface area contributed by atoms with Gasteiger partial charge in [0.25, 0.3) is 11.6 Å². The maximum absolute atomic E-state index is 13.1. The van der Waals surface area contributed by atoms with E-state index in [0.29, 0.717) is 12.1 Å². The van der Waals surface area contributed by atoms with Gasteiger partial charge in [0, 0.05) is 11.8 Å². The third kappa shape index (κ3) is 5.17. The zero-order valence-corrected chi connectivity index (χ0v) is 16.3. The molecule has 1 heterocycles. The molecule has 0 saturated carbocycles. The van der Waals surface area contributed by atoms with E-state index >= 15 is 0 Å². The zero-order chi connectivity index (χ0) is 23.7. The lowest BCUT2D eigenvalue weighted by Crippen LogP contribution is -2.12. The number of nitrogens with zero attached hydrogens (tertiary/aromatic N) is 1. The van der Waals surface area contributed by atoms with E-state index in [1.54, 1.807) is 0 Å². The lowest BCUT2D eigenvalue weighted by atomic mass is 10.1. The molecule has 32 heavy (non-hydrogen) atoms. The molecule has 1 aromatic heterocycles. The van der Waals surface area contributed by atoms with Gasteiger partial charge in [-0.3, -0.25) is 14.9 Å². The maximum atomic E-state index is 13.1. The maximum Gasteiger partial charge on any atom is 0.423 e. The number of nitro benzene ring substituents is 1. The molecule has 0 bridgehead atoms. The predicted octanol–water partition coefficient (Wildman–Crippen LogP) is 6.74. The van der Waals surface area contributed by atoms with Gasteiger partial charge in [-0.05, 0) is 47.8 Å². The van der Waals surface area contributed by atoms with Crippen LogP contribution in [0.4, 0.5) is 37.7 Å². The molecule has 0 atom stereocenters. The highest BCUT2D eigenvalue weighted by Gasteiger charge is 2.38. The Hall–Kier alpha value is -3.61. The Morgan fingerprint density at radius 1 is 0.969 bits per heavy atom. The van der Waals surface area contributed by atoms with Crippen LogP contribution in [-0.2, 0) is 12.4 Å². The van der Waals surface area contributed by atoms with Crippen molar-refractivity contribution in [3.8, 4) is 11.5 Å². The van der Waals surface area contributed by atoms with E-state index < -0.39 is 45.7 Å². The number of hydrogen-bond acceptors (Lipinski definition) is 5. The summed E-state index contributed by atoms with van der Waals surface area (Å²) in [5.41, 5.74) is -3.53. The number of nitro groups is 1. The lowest BCUT2D eigenvalue weighted by Gasteiger charge is -2.11. The number of hydrogen-bond donors (Lipinski definition) is 1. The molecule has 0 fully saturated rings. The first-order valence-electron chi connectivity index (χ1n) is 8.46. The van der Waals surface area contributed by atoms with Crippen LogP contribution in [-0.4, -0.2) is 10.8 Å². The quantitative estimate of drug-likeness (QED) is 0.251. The minimum Gasteiger partial charge on any atom is -0.456 e. The Balaban J connectivity index is 1.81. The third-order valence-corrected chi connectivity index (χ3v) is 4.90. The number of rotatable bonds is 5. The van der Waals surface area contributed by atoms with Crippen molar-refractivity contribution in [1.82, 2.24) is 0 Å². The predicted molar refractivity (Wildman–Crippen MR) is 102 cm³/mol. The van der Waals surface area contributed by atoms with Crippen molar-refractivity contribution in [2.24, 2.45) is 0 Å². The third-order valence-electron chi connectivity index (χ3n) is 4.00. The van der Waals surface area contributed by atoms with Crippen molar-refractivity contribution < 1.29 is 40.8 Å². The molecule has 0 aliphatic carbocycles. The fraction of sp³-hybridized carbons (Fsp3) is 0.105. The van der Waals surface area contributed by atoms with Gasteiger partial charge in [-0.1, -0.05) is 0 Å². The molecule has 0 saturated heterocycles. The molecule has 3 aromatic rings. The Kier molecular flexibility index (Phi) is 6.12. The van der Waals surface area contributed by atoms with Crippen LogP contribution in [0.25, 0.3) is 0 Å². The fourth-order valence-corrected chi connectivity index (χ4v) is 3.28. The van der Waals surface area contributed by atoms with Gasteiger partial charge < -0.3 is 10.1 Å². The van der Waals surface area contributed by atoms with Gasteiger partial charge in [0.05, 0.1) is 10.5 Å². The largest absolute Gasteiger partial charge is 0.456 e. The number of alkyl halides is 6. The first kappa shape index (κ1) is 23.1.